The van der Waals surface area contributed by atoms with E-state index in [4.69, 9.17) is 0 Å². The van der Waals surface area contributed by atoms with Crippen LogP contribution in [0.4, 0.5) is 0 Å². The van der Waals surface area contributed by atoms with Gasteiger partial charge < -0.3 is 4.90 Å². The predicted octanol–water partition coefficient (Wildman–Crippen LogP) is 3.12. The van der Waals surface area contributed by atoms with E-state index in [1.807, 2.05) is 36.9 Å². The molecule has 3 rings (SSSR count). The summed E-state index contributed by atoms with van der Waals surface area (Å²) in [5.41, 5.74) is 4.22. The fraction of sp³-hybridized carbons (Fsp3) is 0.471. The average molecular weight is 283 g/mol. The molecule has 0 saturated carbocycles. The summed E-state index contributed by atoms with van der Waals surface area (Å²) >= 11 is 0. The fourth-order valence-corrected chi connectivity index (χ4v) is 2.76. The van der Waals surface area contributed by atoms with Gasteiger partial charge in [-0.25, -0.2) is 9.97 Å². The van der Waals surface area contributed by atoms with Crippen molar-refractivity contribution in [3.63, 3.8) is 0 Å². The Hall–Kier alpha value is -1.97. The number of aromatic nitrogens is 2. The number of nitrogens with zero attached hydrogens (tertiary/aromatic N) is 3. The van der Waals surface area contributed by atoms with Crippen molar-refractivity contribution < 1.29 is 4.79 Å². The molecule has 0 unspecified atom stereocenters. The van der Waals surface area contributed by atoms with Crippen LogP contribution in [0.2, 0.25) is 0 Å². The van der Waals surface area contributed by atoms with Gasteiger partial charge in [-0.15, -0.1) is 0 Å². The van der Waals surface area contributed by atoms with Crippen LogP contribution in [0, 0.1) is 19.8 Å². The van der Waals surface area contributed by atoms with Crippen LogP contribution < -0.4 is 0 Å². The molecule has 2 heterocycles. The molecule has 0 radical (unpaired) electrons. The van der Waals surface area contributed by atoms with E-state index in [1.54, 1.807) is 0 Å². The quantitative estimate of drug-likeness (QED) is 0.808. The number of hydrogen-bond donors (Lipinski definition) is 0. The summed E-state index contributed by atoms with van der Waals surface area (Å²) in [6.07, 6.45) is 2.19. The molecule has 2 aromatic rings. The number of aryl methyl sites for hydroxylation is 2. The summed E-state index contributed by atoms with van der Waals surface area (Å²) < 4.78 is 0. The van der Waals surface area contributed by atoms with Crippen molar-refractivity contribution in [3.8, 4) is 0 Å². The van der Waals surface area contributed by atoms with Gasteiger partial charge in [-0.2, -0.15) is 0 Å². The number of likely N-dealkylation sites (tertiary alicyclic amines) is 1. The largest absolute Gasteiger partial charge is 0.339 e. The van der Waals surface area contributed by atoms with Crippen LogP contribution in [0.25, 0.3) is 11.0 Å². The summed E-state index contributed by atoms with van der Waals surface area (Å²) in [5.74, 6) is 0.839. The van der Waals surface area contributed by atoms with E-state index in [0.29, 0.717) is 0 Å². The lowest BCUT2D eigenvalue weighted by Crippen LogP contribution is -2.37. The summed E-state index contributed by atoms with van der Waals surface area (Å²) in [5, 5.41) is 0. The topological polar surface area (TPSA) is 46.1 Å². The molecule has 1 aromatic heterocycles. The molecule has 21 heavy (non-hydrogen) atoms. The van der Waals surface area contributed by atoms with Crippen LogP contribution in [-0.4, -0.2) is 33.9 Å². The molecule has 1 saturated heterocycles. The molecule has 4 nitrogen and oxygen atoms in total. The van der Waals surface area contributed by atoms with E-state index in [0.717, 1.165) is 59.8 Å². The molecule has 1 aliphatic heterocycles. The second-order valence-corrected chi connectivity index (χ2v) is 6.07. The molecule has 4 heteroatoms. The highest BCUT2D eigenvalue weighted by Gasteiger charge is 2.21. The molecule has 1 fully saturated rings. The Morgan fingerprint density at radius 3 is 2.38 bits per heavy atom. The maximum absolute atomic E-state index is 12.6. The fourth-order valence-electron chi connectivity index (χ4n) is 2.76. The number of benzene rings is 1. The maximum Gasteiger partial charge on any atom is 0.253 e. The van der Waals surface area contributed by atoms with Crippen molar-refractivity contribution in [1.82, 2.24) is 14.9 Å². The first-order valence-corrected chi connectivity index (χ1v) is 7.59. The van der Waals surface area contributed by atoms with Gasteiger partial charge in [0.05, 0.1) is 22.4 Å². The van der Waals surface area contributed by atoms with Gasteiger partial charge in [0.1, 0.15) is 0 Å². The second kappa shape index (κ2) is 5.43. The van der Waals surface area contributed by atoms with Crippen LogP contribution in [-0.2, 0) is 0 Å². The van der Waals surface area contributed by atoms with E-state index in [1.165, 1.54) is 0 Å². The Kier molecular flexibility index (Phi) is 3.62. The van der Waals surface area contributed by atoms with Gasteiger partial charge >= 0.3 is 0 Å². The number of carbonyl (C=O) groups excluding carboxylic acids is 1. The summed E-state index contributed by atoms with van der Waals surface area (Å²) in [7, 11) is 0. The first-order chi connectivity index (χ1) is 10.0. The summed E-state index contributed by atoms with van der Waals surface area (Å²) in [6.45, 7) is 7.86. The van der Waals surface area contributed by atoms with E-state index in [9.17, 15) is 4.79 Å². The first kappa shape index (κ1) is 14.0. The van der Waals surface area contributed by atoms with E-state index < -0.39 is 0 Å². The lowest BCUT2D eigenvalue weighted by Gasteiger charge is -2.30. The highest BCUT2D eigenvalue weighted by Crippen LogP contribution is 2.20. The highest BCUT2D eigenvalue weighted by atomic mass is 16.2. The first-order valence-electron chi connectivity index (χ1n) is 7.59. The van der Waals surface area contributed by atoms with Crippen LogP contribution in [0.15, 0.2) is 18.2 Å². The van der Waals surface area contributed by atoms with Gasteiger partial charge in [0.2, 0.25) is 0 Å². The Morgan fingerprint density at radius 2 is 1.71 bits per heavy atom. The molecule has 0 aliphatic carbocycles. The standard InChI is InChI=1S/C17H21N3O/c1-11-6-8-20(9-7-11)17(21)14-4-5-15-16(10-14)19-13(3)12(2)18-15/h4-5,10-11H,6-9H2,1-3H3. The average Bonchev–Trinajstić information content (AvgIpc) is 2.48. The Labute approximate surface area is 125 Å². The van der Waals surface area contributed by atoms with Crippen molar-refractivity contribution in [3.05, 3.63) is 35.2 Å². The monoisotopic (exact) mass is 283 g/mol. The number of hydrogen-bond acceptors (Lipinski definition) is 3. The Bertz CT molecular complexity index is 688. The van der Waals surface area contributed by atoms with Gasteiger partial charge in [-0.3, -0.25) is 4.79 Å². The van der Waals surface area contributed by atoms with Crippen LogP contribution >= 0.6 is 0 Å². The molecule has 110 valence electrons. The third-order valence-electron chi connectivity index (χ3n) is 4.39. The minimum Gasteiger partial charge on any atom is -0.339 e. The van der Waals surface area contributed by atoms with Gasteiger partial charge in [-0.05, 0) is 50.8 Å². The van der Waals surface area contributed by atoms with Crippen LogP contribution in [0.5, 0.6) is 0 Å². The highest BCUT2D eigenvalue weighted by molar-refractivity contribution is 5.97. The molecule has 1 aliphatic rings. The van der Waals surface area contributed by atoms with Crippen molar-refractivity contribution in [2.75, 3.05) is 13.1 Å². The normalized spacial score (nSPS) is 16.4. The SMILES string of the molecule is Cc1nc2ccc(C(=O)N3CCC(C)CC3)cc2nc1C. The summed E-state index contributed by atoms with van der Waals surface area (Å²) in [6, 6.07) is 5.63. The van der Waals surface area contributed by atoms with E-state index in [2.05, 4.69) is 16.9 Å². The molecule has 0 spiro atoms. The molecular formula is C17H21N3O. The zero-order valence-corrected chi connectivity index (χ0v) is 12.9. The zero-order valence-electron chi connectivity index (χ0n) is 12.9. The van der Waals surface area contributed by atoms with Gasteiger partial charge in [0.15, 0.2) is 0 Å². The van der Waals surface area contributed by atoms with Gasteiger partial charge in [0.25, 0.3) is 5.91 Å². The minimum absolute atomic E-state index is 0.115. The third-order valence-corrected chi connectivity index (χ3v) is 4.39. The predicted molar refractivity (Wildman–Crippen MR) is 83.3 cm³/mol. The van der Waals surface area contributed by atoms with Crippen LogP contribution in [0.3, 0.4) is 0 Å². The second-order valence-electron chi connectivity index (χ2n) is 6.07. The molecule has 1 amide bonds. The van der Waals surface area contributed by atoms with E-state index in [-0.39, 0.29) is 5.91 Å². The number of rotatable bonds is 1. The zero-order chi connectivity index (χ0) is 15.0. The number of carbonyl (C=O) groups is 1. The van der Waals surface area contributed by atoms with E-state index >= 15 is 0 Å². The maximum atomic E-state index is 12.6. The molecule has 0 atom stereocenters. The minimum atomic E-state index is 0.115. The number of piperidine rings is 1. The molecule has 0 bridgehead atoms. The third kappa shape index (κ3) is 2.75. The Balaban J connectivity index is 1.90. The number of fused-ring (bicyclic) bond motifs is 1. The number of amides is 1. The van der Waals surface area contributed by atoms with Gasteiger partial charge in [-0.1, -0.05) is 6.92 Å². The summed E-state index contributed by atoms with van der Waals surface area (Å²) in [4.78, 5) is 23.6. The smallest absolute Gasteiger partial charge is 0.253 e. The van der Waals surface area contributed by atoms with Gasteiger partial charge in [0, 0.05) is 18.7 Å². The lowest BCUT2D eigenvalue weighted by atomic mass is 9.98. The molecular weight excluding hydrogens is 262 g/mol. The Morgan fingerprint density at radius 1 is 1.10 bits per heavy atom. The van der Waals surface area contributed by atoms with Crippen molar-refractivity contribution in [2.24, 2.45) is 5.92 Å². The molecule has 0 N–H and O–H groups in total. The van der Waals surface area contributed by atoms with Crippen molar-refractivity contribution >= 4 is 16.9 Å². The van der Waals surface area contributed by atoms with Crippen molar-refractivity contribution in [2.45, 2.75) is 33.6 Å². The lowest BCUT2D eigenvalue weighted by molar-refractivity contribution is 0.0697. The molecule has 1 aromatic carbocycles. The van der Waals surface area contributed by atoms with Crippen LogP contribution in [0.1, 0.15) is 41.5 Å². The van der Waals surface area contributed by atoms with Crippen molar-refractivity contribution in [1.29, 1.82) is 0 Å².